The number of nitrogens with one attached hydrogen (secondary N) is 1. The van der Waals surface area contributed by atoms with E-state index in [1.165, 1.54) is 25.6 Å². The second kappa shape index (κ2) is 7.28. The van der Waals surface area contributed by atoms with Gasteiger partial charge in [-0.3, -0.25) is 4.79 Å². The molecule has 4 rings (SSSR count). The number of hydrogen-bond donors (Lipinski definition) is 1. The van der Waals surface area contributed by atoms with Crippen molar-refractivity contribution in [3.8, 4) is 22.1 Å². The summed E-state index contributed by atoms with van der Waals surface area (Å²) >= 11 is 1.46. The Morgan fingerprint density at radius 2 is 1.71 bits per heavy atom. The lowest BCUT2D eigenvalue weighted by atomic mass is 10.1. The molecule has 0 aliphatic rings. The molecule has 0 aliphatic heterocycles. The Bertz CT molecular complexity index is 1130. The van der Waals surface area contributed by atoms with Crippen molar-refractivity contribution in [3.05, 3.63) is 53.9 Å². The van der Waals surface area contributed by atoms with Gasteiger partial charge in [0.1, 0.15) is 22.1 Å². The van der Waals surface area contributed by atoms with Gasteiger partial charge >= 0.3 is 0 Å². The third-order valence-electron chi connectivity index (χ3n) is 4.19. The number of benzene rings is 2. The number of amides is 1. The van der Waals surface area contributed by atoms with E-state index < -0.39 is 0 Å². The molecule has 142 valence electrons. The van der Waals surface area contributed by atoms with Crippen molar-refractivity contribution >= 4 is 27.9 Å². The van der Waals surface area contributed by atoms with Crippen LogP contribution in [0.4, 0.5) is 5.69 Å². The van der Waals surface area contributed by atoms with E-state index in [9.17, 15) is 4.79 Å². The fourth-order valence-corrected chi connectivity index (χ4v) is 3.69. The number of aryl methyl sites for hydroxylation is 1. The molecule has 1 amide bonds. The van der Waals surface area contributed by atoms with Gasteiger partial charge in [-0.1, -0.05) is 17.4 Å². The van der Waals surface area contributed by atoms with Crippen molar-refractivity contribution in [3.63, 3.8) is 0 Å². The maximum atomic E-state index is 12.7. The molecule has 1 N–H and O–H groups in total. The summed E-state index contributed by atoms with van der Waals surface area (Å²) in [5.41, 5.74) is 1.93. The van der Waals surface area contributed by atoms with Crippen LogP contribution in [0.5, 0.6) is 11.5 Å². The third kappa shape index (κ3) is 3.16. The number of carbonyl (C=O) groups is 1. The van der Waals surface area contributed by atoms with Crippen molar-refractivity contribution in [1.29, 1.82) is 0 Å². The van der Waals surface area contributed by atoms with E-state index in [2.05, 4.69) is 20.6 Å². The molecule has 4 aromatic rings. The topological polar surface area (TPSA) is 90.6 Å². The molecule has 0 unspecified atom stereocenters. The Morgan fingerprint density at radius 3 is 2.32 bits per heavy atom. The molecule has 0 saturated heterocycles. The van der Waals surface area contributed by atoms with Gasteiger partial charge in [0.2, 0.25) is 4.96 Å². The standard InChI is InChI=1S/C19H17N5O3S/c1-11-21-22-19-24(11)23-18(28-19)12-7-9-13(10-8-12)20-17(25)16-14(26-2)5-4-6-15(16)27-3/h4-10H,1-3H3,(H,20,25). The molecule has 2 aromatic carbocycles. The first-order valence-electron chi connectivity index (χ1n) is 8.42. The Morgan fingerprint density at radius 1 is 1.04 bits per heavy atom. The predicted molar refractivity (Wildman–Crippen MR) is 106 cm³/mol. The lowest BCUT2D eigenvalue weighted by Gasteiger charge is -2.13. The Labute approximate surface area is 164 Å². The van der Waals surface area contributed by atoms with Gasteiger partial charge in [0.05, 0.1) is 14.2 Å². The van der Waals surface area contributed by atoms with E-state index in [1.54, 1.807) is 22.7 Å². The summed E-state index contributed by atoms with van der Waals surface area (Å²) < 4.78 is 12.3. The second-order valence-electron chi connectivity index (χ2n) is 5.92. The smallest absolute Gasteiger partial charge is 0.263 e. The molecule has 0 atom stereocenters. The van der Waals surface area contributed by atoms with E-state index in [0.717, 1.165) is 21.4 Å². The highest BCUT2D eigenvalue weighted by Crippen LogP contribution is 2.30. The van der Waals surface area contributed by atoms with Crippen LogP contribution in [0.15, 0.2) is 42.5 Å². The van der Waals surface area contributed by atoms with Crippen LogP contribution >= 0.6 is 11.3 Å². The van der Waals surface area contributed by atoms with Crippen LogP contribution < -0.4 is 14.8 Å². The van der Waals surface area contributed by atoms with Crippen LogP contribution in [0.3, 0.4) is 0 Å². The van der Waals surface area contributed by atoms with Gasteiger partial charge in [-0.15, -0.1) is 10.2 Å². The predicted octanol–water partition coefficient (Wildman–Crippen LogP) is 3.43. The van der Waals surface area contributed by atoms with Gasteiger partial charge < -0.3 is 14.8 Å². The highest BCUT2D eigenvalue weighted by molar-refractivity contribution is 7.19. The van der Waals surface area contributed by atoms with Crippen LogP contribution in [0, 0.1) is 6.92 Å². The fraction of sp³-hybridized carbons (Fsp3) is 0.158. The molecular formula is C19H17N5O3S. The van der Waals surface area contributed by atoms with E-state index in [1.807, 2.05) is 31.2 Å². The summed E-state index contributed by atoms with van der Waals surface area (Å²) in [4.78, 5) is 13.5. The maximum Gasteiger partial charge on any atom is 0.263 e. The van der Waals surface area contributed by atoms with E-state index in [-0.39, 0.29) is 5.91 Å². The zero-order valence-electron chi connectivity index (χ0n) is 15.5. The minimum absolute atomic E-state index is 0.309. The summed E-state index contributed by atoms with van der Waals surface area (Å²) in [5.74, 6) is 1.33. The van der Waals surface area contributed by atoms with Gasteiger partial charge in [0.25, 0.3) is 5.91 Å². The number of carbonyl (C=O) groups excluding carboxylic acids is 1. The molecule has 0 fully saturated rings. The van der Waals surface area contributed by atoms with Crippen LogP contribution in [0.25, 0.3) is 15.5 Å². The Balaban J connectivity index is 1.57. The summed E-state index contributed by atoms with van der Waals surface area (Å²) in [6.45, 7) is 1.86. The molecular weight excluding hydrogens is 378 g/mol. The maximum absolute atomic E-state index is 12.7. The van der Waals surface area contributed by atoms with Crippen molar-refractivity contribution in [1.82, 2.24) is 19.8 Å². The second-order valence-corrected chi connectivity index (χ2v) is 6.87. The van der Waals surface area contributed by atoms with Crippen molar-refractivity contribution in [2.45, 2.75) is 6.92 Å². The molecule has 2 aromatic heterocycles. The highest BCUT2D eigenvalue weighted by Gasteiger charge is 2.18. The first-order valence-corrected chi connectivity index (χ1v) is 9.24. The highest BCUT2D eigenvalue weighted by atomic mass is 32.1. The minimum atomic E-state index is -0.309. The fourth-order valence-electron chi connectivity index (χ4n) is 2.80. The van der Waals surface area contributed by atoms with E-state index in [4.69, 9.17) is 9.47 Å². The largest absolute Gasteiger partial charge is 0.496 e. The van der Waals surface area contributed by atoms with Gasteiger partial charge in [0.15, 0.2) is 5.82 Å². The number of rotatable bonds is 5. The minimum Gasteiger partial charge on any atom is -0.496 e. The Kier molecular flexibility index (Phi) is 4.66. The van der Waals surface area contributed by atoms with Gasteiger partial charge in [-0.25, -0.2) is 0 Å². The lowest BCUT2D eigenvalue weighted by molar-refractivity contribution is 0.102. The molecule has 0 aliphatic carbocycles. The average molecular weight is 395 g/mol. The van der Waals surface area contributed by atoms with Gasteiger partial charge in [-0.2, -0.15) is 9.61 Å². The number of methoxy groups -OCH3 is 2. The molecule has 0 spiro atoms. The van der Waals surface area contributed by atoms with Gasteiger partial charge in [0, 0.05) is 11.3 Å². The van der Waals surface area contributed by atoms with Crippen molar-refractivity contribution < 1.29 is 14.3 Å². The molecule has 0 bridgehead atoms. The third-order valence-corrected chi connectivity index (χ3v) is 5.14. The molecule has 0 radical (unpaired) electrons. The zero-order chi connectivity index (χ0) is 19.7. The SMILES string of the molecule is COc1cccc(OC)c1C(=O)Nc1ccc(-c2nn3c(C)nnc3s2)cc1. The summed E-state index contributed by atoms with van der Waals surface area (Å²) in [6, 6.07) is 12.7. The number of nitrogens with zero attached hydrogens (tertiary/aromatic N) is 4. The normalized spacial score (nSPS) is 10.8. The van der Waals surface area contributed by atoms with Crippen LogP contribution in [-0.2, 0) is 0 Å². The van der Waals surface area contributed by atoms with Crippen LogP contribution in [-0.4, -0.2) is 39.9 Å². The summed E-state index contributed by atoms with van der Waals surface area (Å²) in [5, 5.41) is 16.3. The van der Waals surface area contributed by atoms with E-state index in [0.29, 0.717) is 22.7 Å². The van der Waals surface area contributed by atoms with Crippen LogP contribution in [0.2, 0.25) is 0 Å². The number of hydrogen-bond acceptors (Lipinski definition) is 7. The number of fused-ring (bicyclic) bond motifs is 1. The molecule has 8 nitrogen and oxygen atoms in total. The Hall–Kier alpha value is -3.46. The molecule has 0 saturated carbocycles. The molecule has 28 heavy (non-hydrogen) atoms. The number of anilines is 1. The molecule has 9 heteroatoms. The monoisotopic (exact) mass is 395 g/mol. The van der Waals surface area contributed by atoms with E-state index >= 15 is 0 Å². The van der Waals surface area contributed by atoms with Crippen LogP contribution in [0.1, 0.15) is 16.2 Å². The quantitative estimate of drug-likeness (QED) is 0.557. The summed E-state index contributed by atoms with van der Waals surface area (Å²) in [7, 11) is 3.03. The van der Waals surface area contributed by atoms with Crippen molar-refractivity contribution in [2.24, 2.45) is 0 Å². The van der Waals surface area contributed by atoms with Gasteiger partial charge in [-0.05, 0) is 43.3 Å². The number of ether oxygens (including phenoxy) is 2. The number of aromatic nitrogens is 4. The summed E-state index contributed by atoms with van der Waals surface area (Å²) in [6.07, 6.45) is 0. The molecule has 2 heterocycles. The first-order chi connectivity index (χ1) is 13.6. The average Bonchev–Trinajstić information content (AvgIpc) is 3.30. The lowest BCUT2D eigenvalue weighted by Crippen LogP contribution is -2.14. The van der Waals surface area contributed by atoms with Crippen molar-refractivity contribution in [2.75, 3.05) is 19.5 Å². The first kappa shape index (κ1) is 17.9. The zero-order valence-corrected chi connectivity index (χ0v) is 16.3.